The molecule has 0 aliphatic carbocycles. The molecule has 1 aliphatic heterocycles. The van der Waals surface area contributed by atoms with E-state index in [-0.39, 0.29) is 11.8 Å². The number of ether oxygens (including phenoxy) is 1. The molecule has 1 fully saturated rings. The highest BCUT2D eigenvalue weighted by molar-refractivity contribution is 6.32. The summed E-state index contributed by atoms with van der Waals surface area (Å²) >= 11 is 6.18. The van der Waals surface area contributed by atoms with Gasteiger partial charge in [0, 0.05) is 30.1 Å². The number of azide groups is 1. The molecule has 1 amide bonds. The highest BCUT2D eigenvalue weighted by atomic mass is 35.5. The summed E-state index contributed by atoms with van der Waals surface area (Å²) in [6.45, 7) is 3.51. The second-order valence-corrected chi connectivity index (χ2v) is 5.36. The monoisotopic (exact) mass is 308 g/mol. The average Bonchev–Trinajstić information content (AvgIpc) is 2.85. The van der Waals surface area contributed by atoms with Crippen LogP contribution in [0.5, 0.6) is 5.75 Å². The van der Waals surface area contributed by atoms with Crippen LogP contribution in [0.3, 0.4) is 0 Å². The Balaban J connectivity index is 2.09. The summed E-state index contributed by atoms with van der Waals surface area (Å²) in [4.78, 5) is 16.4. The predicted molar refractivity (Wildman–Crippen MR) is 81.7 cm³/mol. The van der Waals surface area contributed by atoms with Gasteiger partial charge >= 0.3 is 0 Å². The Bertz CT molecular complexity index is 572. The number of hydrogen-bond donors (Lipinski definition) is 0. The van der Waals surface area contributed by atoms with E-state index in [1.807, 2.05) is 13.0 Å². The number of halogens is 1. The van der Waals surface area contributed by atoms with Crippen molar-refractivity contribution in [2.24, 2.45) is 11.0 Å². The molecule has 1 atom stereocenters. The van der Waals surface area contributed by atoms with Crippen molar-refractivity contribution in [3.63, 3.8) is 0 Å². The lowest BCUT2D eigenvalue weighted by Crippen LogP contribution is -2.24. The summed E-state index contributed by atoms with van der Waals surface area (Å²) in [5.74, 6) is 0.703. The van der Waals surface area contributed by atoms with E-state index in [9.17, 15) is 4.79 Å². The third-order valence-corrected chi connectivity index (χ3v) is 3.59. The number of benzene rings is 1. The first kappa shape index (κ1) is 15.5. The fourth-order valence-electron chi connectivity index (χ4n) is 2.29. The Morgan fingerprint density at radius 2 is 2.38 bits per heavy atom. The van der Waals surface area contributed by atoms with Gasteiger partial charge in [-0.15, -0.1) is 0 Å². The number of hydrogen-bond acceptors (Lipinski definition) is 3. The van der Waals surface area contributed by atoms with E-state index in [1.165, 1.54) is 0 Å². The molecule has 0 radical (unpaired) electrons. The Labute approximate surface area is 128 Å². The van der Waals surface area contributed by atoms with Gasteiger partial charge in [0.2, 0.25) is 5.91 Å². The highest BCUT2D eigenvalue weighted by Crippen LogP contribution is 2.32. The van der Waals surface area contributed by atoms with E-state index >= 15 is 0 Å². The molecule has 1 aromatic rings. The van der Waals surface area contributed by atoms with Crippen LogP contribution in [0.25, 0.3) is 10.4 Å². The second kappa shape index (κ2) is 7.20. The molecule has 112 valence electrons. The minimum absolute atomic E-state index is 0.0198. The third kappa shape index (κ3) is 3.80. The lowest BCUT2D eigenvalue weighted by molar-refractivity contribution is -0.117. The lowest BCUT2D eigenvalue weighted by atomic mass is 10.1. The van der Waals surface area contributed by atoms with Crippen molar-refractivity contribution < 1.29 is 9.53 Å². The maximum absolute atomic E-state index is 12.0. The number of carbonyl (C=O) groups is 1. The zero-order valence-electron chi connectivity index (χ0n) is 11.8. The summed E-state index contributed by atoms with van der Waals surface area (Å²) in [6.07, 6.45) is 1.30. The van der Waals surface area contributed by atoms with E-state index in [0.29, 0.717) is 36.9 Å². The topological polar surface area (TPSA) is 78.3 Å². The van der Waals surface area contributed by atoms with Crippen molar-refractivity contribution in [2.45, 2.75) is 19.8 Å². The van der Waals surface area contributed by atoms with Crippen LogP contribution in [0.15, 0.2) is 23.3 Å². The van der Waals surface area contributed by atoms with Gasteiger partial charge in [-0.2, -0.15) is 0 Å². The molecule has 21 heavy (non-hydrogen) atoms. The van der Waals surface area contributed by atoms with Crippen molar-refractivity contribution in [1.29, 1.82) is 0 Å². The molecule has 0 N–H and O–H groups in total. The molecule has 0 spiro atoms. The molecule has 0 aromatic heterocycles. The van der Waals surface area contributed by atoms with Gasteiger partial charge in [0.15, 0.2) is 0 Å². The van der Waals surface area contributed by atoms with Crippen molar-refractivity contribution >= 4 is 23.2 Å². The summed E-state index contributed by atoms with van der Waals surface area (Å²) in [5, 5.41) is 4.03. The number of amides is 1. The highest BCUT2D eigenvalue weighted by Gasteiger charge is 2.30. The fraction of sp³-hybridized carbons (Fsp3) is 0.500. The lowest BCUT2D eigenvalue weighted by Gasteiger charge is -2.18. The third-order valence-electron chi connectivity index (χ3n) is 3.30. The Hall–Kier alpha value is -1.91. The molecule has 1 unspecified atom stereocenters. The van der Waals surface area contributed by atoms with Gasteiger partial charge in [-0.05, 0) is 36.1 Å². The van der Waals surface area contributed by atoms with Crippen LogP contribution in [0.4, 0.5) is 5.69 Å². The maximum Gasteiger partial charge on any atom is 0.227 e. The first-order valence-electron chi connectivity index (χ1n) is 6.89. The van der Waals surface area contributed by atoms with Gasteiger partial charge in [-0.1, -0.05) is 23.6 Å². The minimum Gasteiger partial charge on any atom is -0.492 e. The zero-order valence-corrected chi connectivity index (χ0v) is 12.6. The van der Waals surface area contributed by atoms with Crippen LogP contribution >= 0.6 is 11.6 Å². The summed E-state index contributed by atoms with van der Waals surface area (Å²) < 4.78 is 5.51. The molecule has 2 rings (SSSR count). The standard InChI is InChI=1S/C14H17ClN4O2/c1-2-5-21-13-4-3-11(7-12(13)15)19-9-10(6-14(19)20)8-17-18-16/h3-4,7,10H,2,5-6,8-9H2,1H3. The van der Waals surface area contributed by atoms with E-state index in [2.05, 4.69) is 10.0 Å². The number of rotatable bonds is 6. The van der Waals surface area contributed by atoms with Gasteiger partial charge in [0.05, 0.1) is 11.6 Å². The summed E-state index contributed by atoms with van der Waals surface area (Å²) in [6, 6.07) is 5.34. The molecule has 0 bridgehead atoms. The van der Waals surface area contributed by atoms with E-state index in [4.69, 9.17) is 21.9 Å². The molecule has 0 saturated carbocycles. The average molecular weight is 309 g/mol. The van der Waals surface area contributed by atoms with Crippen LogP contribution < -0.4 is 9.64 Å². The van der Waals surface area contributed by atoms with E-state index in [0.717, 1.165) is 12.1 Å². The fourth-order valence-corrected chi connectivity index (χ4v) is 2.52. The van der Waals surface area contributed by atoms with E-state index < -0.39 is 0 Å². The Morgan fingerprint density at radius 3 is 3.05 bits per heavy atom. The summed E-state index contributed by atoms with van der Waals surface area (Å²) in [7, 11) is 0. The van der Waals surface area contributed by atoms with Gasteiger partial charge in [-0.25, -0.2) is 0 Å². The second-order valence-electron chi connectivity index (χ2n) is 4.95. The Morgan fingerprint density at radius 1 is 1.57 bits per heavy atom. The van der Waals surface area contributed by atoms with E-state index in [1.54, 1.807) is 17.0 Å². The SMILES string of the molecule is CCCOc1ccc(N2CC(CN=[N+]=[N-])CC2=O)cc1Cl. The zero-order chi connectivity index (χ0) is 15.2. The first-order valence-corrected chi connectivity index (χ1v) is 7.27. The van der Waals surface area contributed by atoms with Gasteiger partial charge < -0.3 is 9.64 Å². The predicted octanol–water partition coefficient (Wildman–Crippen LogP) is 3.79. The van der Waals surface area contributed by atoms with Crippen molar-refractivity contribution in [3.05, 3.63) is 33.7 Å². The largest absolute Gasteiger partial charge is 0.492 e. The van der Waals surface area contributed by atoms with Crippen molar-refractivity contribution in [3.8, 4) is 5.75 Å². The van der Waals surface area contributed by atoms with Crippen LogP contribution in [-0.4, -0.2) is 25.6 Å². The van der Waals surface area contributed by atoms with Crippen LogP contribution in [0.2, 0.25) is 5.02 Å². The quantitative estimate of drug-likeness (QED) is 0.455. The van der Waals surface area contributed by atoms with Crippen LogP contribution in [0.1, 0.15) is 19.8 Å². The molecule has 7 heteroatoms. The van der Waals surface area contributed by atoms with Gasteiger partial charge in [0.25, 0.3) is 0 Å². The van der Waals surface area contributed by atoms with Crippen molar-refractivity contribution in [2.75, 3.05) is 24.6 Å². The number of nitrogens with zero attached hydrogens (tertiary/aromatic N) is 4. The molecular formula is C14H17ClN4O2. The molecule has 1 aliphatic rings. The normalized spacial score (nSPS) is 17.7. The van der Waals surface area contributed by atoms with Gasteiger partial charge in [0.1, 0.15) is 5.75 Å². The molecule has 6 nitrogen and oxygen atoms in total. The van der Waals surface area contributed by atoms with Crippen LogP contribution in [0, 0.1) is 5.92 Å². The van der Waals surface area contributed by atoms with Crippen molar-refractivity contribution in [1.82, 2.24) is 0 Å². The Kier molecular flexibility index (Phi) is 5.31. The smallest absolute Gasteiger partial charge is 0.227 e. The maximum atomic E-state index is 12.0. The number of anilines is 1. The minimum atomic E-state index is 0.0198. The van der Waals surface area contributed by atoms with Crippen LogP contribution in [-0.2, 0) is 4.79 Å². The summed E-state index contributed by atoms with van der Waals surface area (Å²) in [5.41, 5.74) is 9.09. The molecule has 1 heterocycles. The molecular weight excluding hydrogens is 292 g/mol. The molecule has 1 aromatic carbocycles. The van der Waals surface area contributed by atoms with Gasteiger partial charge in [-0.3, -0.25) is 4.79 Å². The molecule has 1 saturated heterocycles. The number of carbonyl (C=O) groups excluding carboxylic acids is 1. The first-order chi connectivity index (χ1) is 10.2.